The molecule has 1 aromatic rings. The van der Waals surface area contributed by atoms with Crippen LogP contribution in [0, 0.1) is 18.3 Å². The van der Waals surface area contributed by atoms with E-state index in [1.807, 2.05) is 6.07 Å². The molecule has 0 saturated carbocycles. The summed E-state index contributed by atoms with van der Waals surface area (Å²) >= 11 is 0. The summed E-state index contributed by atoms with van der Waals surface area (Å²) in [5.41, 5.74) is 0.841. The van der Waals surface area contributed by atoms with Crippen LogP contribution in [-0.4, -0.2) is 31.5 Å². The summed E-state index contributed by atoms with van der Waals surface area (Å²) in [6, 6.07) is 6.44. The molecule has 0 aromatic heterocycles. The standard InChI is InChI=1S/C13H13N3O3S/c1-10-4-5-11(8-14)7-12(10)20(18,19)16-6-2-3-13(16)15-9-17/h4-5,7,13H,2-3,6H2,1H3. The van der Waals surface area contributed by atoms with Gasteiger partial charge in [-0.2, -0.15) is 14.6 Å². The SMILES string of the molecule is Cc1ccc(C#N)cc1S(=O)(=O)N1CCCC1N=C=O. The van der Waals surface area contributed by atoms with E-state index in [2.05, 4.69) is 4.99 Å². The first-order chi connectivity index (χ1) is 9.50. The van der Waals surface area contributed by atoms with Crippen molar-refractivity contribution in [1.82, 2.24) is 4.31 Å². The van der Waals surface area contributed by atoms with Crippen LogP contribution in [0.5, 0.6) is 0 Å². The molecule has 0 amide bonds. The van der Waals surface area contributed by atoms with E-state index in [4.69, 9.17) is 5.26 Å². The van der Waals surface area contributed by atoms with Gasteiger partial charge in [0.2, 0.25) is 16.1 Å². The maximum Gasteiger partial charge on any atom is 0.245 e. The van der Waals surface area contributed by atoms with Crippen molar-refractivity contribution in [3.8, 4) is 6.07 Å². The topological polar surface area (TPSA) is 90.6 Å². The highest BCUT2D eigenvalue weighted by atomic mass is 32.2. The number of hydrogen-bond acceptors (Lipinski definition) is 5. The Bertz CT molecular complexity index is 715. The molecule has 1 saturated heterocycles. The minimum atomic E-state index is -3.76. The Morgan fingerprint density at radius 2 is 2.20 bits per heavy atom. The third-order valence-corrected chi connectivity index (χ3v) is 5.32. The van der Waals surface area contributed by atoms with Gasteiger partial charge in [0, 0.05) is 6.54 Å². The normalized spacial score (nSPS) is 19.3. The lowest BCUT2D eigenvalue weighted by atomic mass is 10.2. The maximum absolute atomic E-state index is 12.6. The van der Waals surface area contributed by atoms with Gasteiger partial charge in [0.1, 0.15) is 6.17 Å². The summed E-state index contributed by atoms with van der Waals surface area (Å²) in [6.45, 7) is 1.98. The third kappa shape index (κ3) is 2.49. The average molecular weight is 291 g/mol. The van der Waals surface area contributed by atoms with Gasteiger partial charge in [-0.1, -0.05) is 6.07 Å². The van der Waals surface area contributed by atoms with Gasteiger partial charge in [0.25, 0.3) is 0 Å². The van der Waals surface area contributed by atoms with Gasteiger partial charge in [0.15, 0.2) is 0 Å². The van der Waals surface area contributed by atoms with E-state index in [1.165, 1.54) is 16.5 Å². The quantitative estimate of drug-likeness (QED) is 0.620. The van der Waals surface area contributed by atoms with Gasteiger partial charge >= 0.3 is 0 Å². The number of hydrogen-bond donors (Lipinski definition) is 0. The van der Waals surface area contributed by atoms with E-state index in [9.17, 15) is 13.2 Å². The van der Waals surface area contributed by atoms with Crippen LogP contribution in [0.25, 0.3) is 0 Å². The van der Waals surface area contributed by atoms with Crippen LogP contribution in [0.2, 0.25) is 0 Å². The summed E-state index contributed by atoms with van der Waals surface area (Å²) in [5, 5.41) is 8.89. The fourth-order valence-electron chi connectivity index (χ4n) is 2.27. The van der Waals surface area contributed by atoms with Crippen LogP contribution < -0.4 is 0 Å². The Hall–Kier alpha value is -2.00. The molecular weight excluding hydrogens is 278 g/mol. The molecule has 20 heavy (non-hydrogen) atoms. The molecule has 0 N–H and O–H groups in total. The lowest BCUT2D eigenvalue weighted by Gasteiger charge is -2.21. The van der Waals surface area contributed by atoms with Crippen molar-refractivity contribution >= 4 is 16.1 Å². The Labute approximate surface area is 117 Å². The molecule has 1 atom stereocenters. The minimum absolute atomic E-state index is 0.0875. The number of rotatable bonds is 3. The summed E-state index contributed by atoms with van der Waals surface area (Å²) in [7, 11) is -3.76. The fraction of sp³-hybridized carbons (Fsp3) is 0.385. The molecule has 1 unspecified atom stereocenters. The number of nitriles is 1. The van der Waals surface area contributed by atoms with E-state index in [0.29, 0.717) is 24.9 Å². The second kappa shape index (κ2) is 5.55. The summed E-state index contributed by atoms with van der Waals surface area (Å²) in [6.07, 6.45) is 1.88. The van der Waals surface area contributed by atoms with Crippen molar-refractivity contribution in [2.75, 3.05) is 6.54 Å². The van der Waals surface area contributed by atoms with Gasteiger partial charge in [-0.25, -0.2) is 13.2 Å². The van der Waals surface area contributed by atoms with Crippen molar-refractivity contribution in [2.45, 2.75) is 30.8 Å². The molecule has 0 bridgehead atoms. The van der Waals surface area contributed by atoms with E-state index < -0.39 is 16.2 Å². The Kier molecular flexibility index (Phi) is 4.00. The van der Waals surface area contributed by atoms with Gasteiger partial charge in [-0.05, 0) is 37.5 Å². The second-order valence-electron chi connectivity index (χ2n) is 4.55. The number of nitrogens with zero attached hydrogens (tertiary/aromatic N) is 3. The zero-order valence-electron chi connectivity index (χ0n) is 10.9. The molecule has 7 heteroatoms. The smallest absolute Gasteiger partial charge is 0.211 e. The van der Waals surface area contributed by atoms with E-state index in [0.717, 1.165) is 0 Å². The van der Waals surface area contributed by atoms with Gasteiger partial charge in [-0.15, -0.1) is 0 Å². The Morgan fingerprint density at radius 3 is 2.85 bits per heavy atom. The van der Waals surface area contributed by atoms with Crippen LogP contribution in [0.1, 0.15) is 24.0 Å². The number of isocyanates is 1. The van der Waals surface area contributed by atoms with E-state index in [-0.39, 0.29) is 10.5 Å². The second-order valence-corrected chi connectivity index (χ2v) is 6.41. The first kappa shape index (κ1) is 14.4. The van der Waals surface area contributed by atoms with Crippen LogP contribution in [0.4, 0.5) is 0 Å². The zero-order chi connectivity index (χ0) is 14.8. The predicted molar refractivity (Wildman–Crippen MR) is 70.9 cm³/mol. The number of carbonyl (C=O) groups excluding carboxylic acids is 1. The lowest BCUT2D eigenvalue weighted by molar-refractivity contribution is 0.395. The number of aryl methyl sites for hydroxylation is 1. The zero-order valence-corrected chi connectivity index (χ0v) is 11.7. The molecule has 2 rings (SSSR count). The molecule has 1 fully saturated rings. The number of sulfonamides is 1. The van der Waals surface area contributed by atoms with E-state index in [1.54, 1.807) is 19.1 Å². The van der Waals surface area contributed by atoms with Gasteiger partial charge < -0.3 is 0 Å². The molecule has 1 aliphatic rings. The Morgan fingerprint density at radius 1 is 1.45 bits per heavy atom. The highest BCUT2D eigenvalue weighted by Gasteiger charge is 2.36. The first-order valence-corrected chi connectivity index (χ1v) is 7.54. The van der Waals surface area contributed by atoms with Crippen LogP contribution in [-0.2, 0) is 14.8 Å². The number of benzene rings is 1. The van der Waals surface area contributed by atoms with Crippen LogP contribution in [0.15, 0.2) is 28.1 Å². The molecule has 0 radical (unpaired) electrons. The fourth-order valence-corrected chi connectivity index (χ4v) is 4.11. The average Bonchev–Trinajstić information content (AvgIpc) is 2.88. The van der Waals surface area contributed by atoms with Crippen molar-refractivity contribution in [3.05, 3.63) is 29.3 Å². The molecule has 1 aliphatic heterocycles. The monoisotopic (exact) mass is 291 g/mol. The molecule has 1 heterocycles. The van der Waals surface area contributed by atoms with Gasteiger partial charge in [-0.3, -0.25) is 0 Å². The third-order valence-electron chi connectivity index (χ3n) is 3.28. The minimum Gasteiger partial charge on any atom is -0.211 e. The first-order valence-electron chi connectivity index (χ1n) is 6.10. The molecular formula is C13H13N3O3S. The molecule has 104 valence electrons. The lowest BCUT2D eigenvalue weighted by Crippen LogP contribution is -2.34. The molecule has 0 spiro atoms. The van der Waals surface area contributed by atoms with Crippen molar-refractivity contribution in [3.63, 3.8) is 0 Å². The maximum atomic E-state index is 12.6. The van der Waals surface area contributed by atoms with Crippen LogP contribution in [0.3, 0.4) is 0 Å². The van der Waals surface area contributed by atoms with Crippen molar-refractivity contribution in [1.29, 1.82) is 5.26 Å². The summed E-state index contributed by atoms with van der Waals surface area (Å²) in [5.74, 6) is 0. The summed E-state index contributed by atoms with van der Waals surface area (Å²) < 4.78 is 26.5. The molecule has 0 aliphatic carbocycles. The highest BCUT2D eigenvalue weighted by Crippen LogP contribution is 2.28. The molecule has 1 aromatic carbocycles. The summed E-state index contributed by atoms with van der Waals surface area (Å²) in [4.78, 5) is 14.0. The number of aliphatic imine (C=N–C) groups is 1. The van der Waals surface area contributed by atoms with Crippen molar-refractivity contribution in [2.24, 2.45) is 4.99 Å². The molecule has 6 nitrogen and oxygen atoms in total. The van der Waals surface area contributed by atoms with Crippen molar-refractivity contribution < 1.29 is 13.2 Å². The van der Waals surface area contributed by atoms with Crippen LogP contribution >= 0.6 is 0 Å². The van der Waals surface area contributed by atoms with Gasteiger partial charge in [0.05, 0.1) is 16.5 Å². The largest absolute Gasteiger partial charge is 0.245 e. The predicted octanol–water partition coefficient (Wildman–Crippen LogP) is 1.31. The highest BCUT2D eigenvalue weighted by molar-refractivity contribution is 7.89. The van der Waals surface area contributed by atoms with E-state index >= 15 is 0 Å². The Balaban J connectivity index is 2.50.